The minimum Gasteiger partial charge on any atom is -0.373 e. The molecule has 27 heavy (non-hydrogen) atoms. The summed E-state index contributed by atoms with van der Waals surface area (Å²) < 4.78 is 32.6. The van der Waals surface area contributed by atoms with Gasteiger partial charge in [-0.1, -0.05) is 0 Å². The molecule has 1 aromatic heterocycles. The number of morpholine rings is 1. The van der Waals surface area contributed by atoms with Crippen molar-refractivity contribution in [2.24, 2.45) is 0 Å². The molecule has 0 bridgehead atoms. The Labute approximate surface area is 158 Å². The molecule has 0 aliphatic carbocycles. The quantitative estimate of drug-likeness (QED) is 0.712. The van der Waals surface area contributed by atoms with Crippen LogP contribution in [-0.4, -0.2) is 54.2 Å². The molecule has 1 aliphatic rings. The Balaban J connectivity index is 1.61. The van der Waals surface area contributed by atoms with Crippen molar-refractivity contribution in [3.63, 3.8) is 0 Å². The Hall–Kier alpha value is -2.43. The predicted molar refractivity (Wildman–Crippen MR) is 99.7 cm³/mol. The molecular formula is C17H23N5O4S. The molecule has 0 unspecified atom stereocenters. The summed E-state index contributed by atoms with van der Waals surface area (Å²) in [6, 6.07) is 7.48. The second kappa shape index (κ2) is 8.07. The molecule has 0 radical (unpaired) electrons. The van der Waals surface area contributed by atoms with Crippen molar-refractivity contribution >= 4 is 21.7 Å². The lowest BCUT2D eigenvalue weighted by molar-refractivity contribution is -0.0440. The van der Waals surface area contributed by atoms with Crippen LogP contribution in [0.15, 0.2) is 41.4 Å². The van der Waals surface area contributed by atoms with E-state index in [4.69, 9.17) is 4.74 Å². The van der Waals surface area contributed by atoms with E-state index >= 15 is 0 Å². The summed E-state index contributed by atoms with van der Waals surface area (Å²) >= 11 is 0. The topological polar surface area (TPSA) is 116 Å². The number of benzene rings is 1. The predicted octanol–water partition coefficient (Wildman–Crippen LogP) is 1.53. The second-order valence-corrected chi connectivity index (χ2v) is 8.43. The number of amides is 2. The fourth-order valence-corrected chi connectivity index (χ4v) is 4.51. The summed E-state index contributed by atoms with van der Waals surface area (Å²) in [4.78, 5) is 12.1. The highest BCUT2D eigenvalue weighted by molar-refractivity contribution is 7.89. The van der Waals surface area contributed by atoms with E-state index in [0.29, 0.717) is 25.3 Å². The highest BCUT2D eigenvalue weighted by atomic mass is 32.2. The van der Waals surface area contributed by atoms with E-state index in [-0.39, 0.29) is 17.1 Å². The first-order chi connectivity index (χ1) is 12.8. The fraction of sp³-hybridized carbons (Fsp3) is 0.412. The summed E-state index contributed by atoms with van der Waals surface area (Å²) in [5.74, 6) is 0. The second-order valence-electron chi connectivity index (χ2n) is 6.49. The third kappa shape index (κ3) is 4.85. The Morgan fingerprint density at radius 1 is 1.22 bits per heavy atom. The fourth-order valence-electron chi connectivity index (χ4n) is 2.92. The van der Waals surface area contributed by atoms with Crippen molar-refractivity contribution in [3.05, 3.63) is 42.2 Å². The molecule has 1 fully saturated rings. The van der Waals surface area contributed by atoms with Gasteiger partial charge >= 0.3 is 6.03 Å². The van der Waals surface area contributed by atoms with Crippen LogP contribution in [0.1, 0.15) is 19.5 Å². The number of hydrogen-bond acceptors (Lipinski definition) is 5. The number of hydrogen-bond donors (Lipinski definition) is 3. The maximum absolute atomic E-state index is 12.8. The van der Waals surface area contributed by atoms with E-state index in [9.17, 15) is 13.2 Å². The number of sulfonamides is 1. The number of H-pyrrole nitrogens is 1. The van der Waals surface area contributed by atoms with Crippen LogP contribution in [0, 0.1) is 0 Å². The van der Waals surface area contributed by atoms with Gasteiger partial charge in [-0.15, -0.1) is 0 Å². The van der Waals surface area contributed by atoms with Crippen molar-refractivity contribution in [2.75, 3.05) is 18.4 Å². The molecule has 2 heterocycles. The molecule has 0 saturated carbocycles. The third-order valence-corrected chi connectivity index (χ3v) is 5.98. The average molecular weight is 393 g/mol. The van der Waals surface area contributed by atoms with E-state index in [1.807, 2.05) is 13.8 Å². The summed E-state index contributed by atoms with van der Waals surface area (Å²) in [6.45, 7) is 4.66. The lowest BCUT2D eigenvalue weighted by atomic mass is 10.3. The van der Waals surface area contributed by atoms with Crippen molar-refractivity contribution < 1.29 is 17.9 Å². The Bertz CT molecular complexity index is 857. The molecule has 1 saturated heterocycles. The van der Waals surface area contributed by atoms with Crippen LogP contribution in [-0.2, 0) is 21.3 Å². The SMILES string of the molecule is C[C@@H]1CN(S(=O)(=O)c2ccc(NC(=O)NCc3ccn[nH]3)cc2)C[C@@H](C)O1. The number of nitrogens with one attached hydrogen (secondary N) is 3. The standard InChI is InChI=1S/C17H23N5O4S/c1-12-10-22(11-13(2)26-12)27(24,25)16-5-3-14(4-6-16)20-17(23)18-9-15-7-8-19-21-15/h3-8,12-13H,9-11H2,1-2H3,(H,19,21)(H2,18,20,23)/t12-,13-/m1/s1. The largest absolute Gasteiger partial charge is 0.373 e. The molecule has 2 atom stereocenters. The minimum atomic E-state index is -3.60. The van der Waals surface area contributed by atoms with Crippen molar-refractivity contribution in [1.82, 2.24) is 19.8 Å². The van der Waals surface area contributed by atoms with Crippen LogP contribution in [0.4, 0.5) is 10.5 Å². The number of carbonyl (C=O) groups excluding carboxylic acids is 1. The zero-order valence-electron chi connectivity index (χ0n) is 15.2. The van der Waals surface area contributed by atoms with Crippen molar-refractivity contribution in [3.8, 4) is 0 Å². The molecule has 1 aromatic carbocycles. The highest BCUT2D eigenvalue weighted by Crippen LogP contribution is 2.22. The summed E-state index contributed by atoms with van der Waals surface area (Å²) in [5, 5.41) is 11.9. The van der Waals surface area contributed by atoms with Crippen LogP contribution in [0.2, 0.25) is 0 Å². The summed E-state index contributed by atoms with van der Waals surface area (Å²) in [5.41, 5.74) is 1.28. The average Bonchev–Trinajstić information content (AvgIpc) is 3.13. The molecule has 0 spiro atoms. The summed E-state index contributed by atoms with van der Waals surface area (Å²) in [7, 11) is -3.60. The van der Waals surface area contributed by atoms with Gasteiger partial charge in [-0.3, -0.25) is 5.10 Å². The van der Waals surface area contributed by atoms with Crippen LogP contribution < -0.4 is 10.6 Å². The van der Waals surface area contributed by atoms with E-state index in [1.165, 1.54) is 16.4 Å². The first-order valence-electron chi connectivity index (χ1n) is 8.63. The smallest absolute Gasteiger partial charge is 0.319 e. The molecule has 3 N–H and O–H groups in total. The van der Waals surface area contributed by atoms with E-state index < -0.39 is 16.1 Å². The molecule has 9 nitrogen and oxygen atoms in total. The number of urea groups is 1. The van der Waals surface area contributed by atoms with Crippen LogP contribution in [0.25, 0.3) is 0 Å². The van der Waals surface area contributed by atoms with Crippen molar-refractivity contribution in [1.29, 1.82) is 0 Å². The number of carbonyl (C=O) groups is 1. The Morgan fingerprint density at radius 2 is 1.89 bits per heavy atom. The van der Waals surface area contributed by atoms with Gasteiger partial charge in [-0.25, -0.2) is 13.2 Å². The van der Waals surface area contributed by atoms with Gasteiger partial charge in [0.25, 0.3) is 0 Å². The van der Waals surface area contributed by atoms with Gasteiger partial charge in [-0.05, 0) is 44.2 Å². The van der Waals surface area contributed by atoms with Gasteiger partial charge in [-0.2, -0.15) is 9.40 Å². The number of anilines is 1. The van der Waals surface area contributed by atoms with Crippen molar-refractivity contribution in [2.45, 2.75) is 37.5 Å². The molecule has 2 amide bonds. The zero-order chi connectivity index (χ0) is 19.4. The zero-order valence-corrected chi connectivity index (χ0v) is 16.0. The van der Waals surface area contributed by atoms with Crippen LogP contribution in [0.5, 0.6) is 0 Å². The van der Waals surface area contributed by atoms with E-state index in [0.717, 1.165) is 5.69 Å². The minimum absolute atomic E-state index is 0.150. The Kier molecular flexibility index (Phi) is 5.78. The van der Waals surface area contributed by atoms with Crippen LogP contribution >= 0.6 is 0 Å². The molecule has 146 valence electrons. The maximum Gasteiger partial charge on any atom is 0.319 e. The lowest BCUT2D eigenvalue weighted by Crippen LogP contribution is -2.48. The monoisotopic (exact) mass is 393 g/mol. The molecule has 10 heteroatoms. The normalized spacial score (nSPS) is 21.0. The number of rotatable bonds is 5. The third-order valence-electron chi connectivity index (χ3n) is 4.13. The highest BCUT2D eigenvalue weighted by Gasteiger charge is 2.32. The maximum atomic E-state index is 12.8. The molecule has 2 aromatic rings. The summed E-state index contributed by atoms with van der Waals surface area (Å²) in [6.07, 6.45) is 1.30. The van der Waals surface area contributed by atoms with Crippen LogP contribution in [0.3, 0.4) is 0 Å². The van der Waals surface area contributed by atoms with E-state index in [2.05, 4.69) is 20.8 Å². The van der Waals surface area contributed by atoms with E-state index in [1.54, 1.807) is 24.4 Å². The number of aromatic nitrogens is 2. The lowest BCUT2D eigenvalue weighted by Gasteiger charge is -2.34. The van der Waals surface area contributed by atoms with Gasteiger partial charge in [0, 0.05) is 25.0 Å². The number of ether oxygens (including phenoxy) is 1. The Morgan fingerprint density at radius 3 is 2.48 bits per heavy atom. The van der Waals surface area contributed by atoms with Gasteiger partial charge in [0.15, 0.2) is 0 Å². The van der Waals surface area contributed by atoms with Gasteiger partial charge in [0.2, 0.25) is 10.0 Å². The molecule has 3 rings (SSSR count). The first-order valence-corrected chi connectivity index (χ1v) is 10.1. The number of aromatic amines is 1. The molecule has 1 aliphatic heterocycles. The first kappa shape index (κ1) is 19.3. The van der Waals surface area contributed by atoms with Gasteiger partial charge in [0.05, 0.1) is 29.3 Å². The molecular weight excluding hydrogens is 370 g/mol. The van der Waals surface area contributed by atoms with Gasteiger partial charge in [0.1, 0.15) is 0 Å². The number of nitrogens with zero attached hydrogens (tertiary/aromatic N) is 2. The van der Waals surface area contributed by atoms with Gasteiger partial charge < -0.3 is 15.4 Å².